The average Bonchev–Trinajstić information content (AvgIpc) is 3.42. The van der Waals surface area contributed by atoms with Crippen LogP contribution in [-0.4, -0.2) is 41.1 Å². The van der Waals surface area contributed by atoms with Crippen LogP contribution in [0, 0.1) is 5.82 Å². The molecule has 1 fully saturated rings. The fraction of sp³-hybridized carbons (Fsp3) is 0.120. The Balaban J connectivity index is 1.46. The number of hydrogen-bond donors (Lipinski definition) is 1. The molecule has 190 valence electrons. The number of halogens is 3. The largest absolute Gasteiger partial charge is 0.462 e. The smallest absolute Gasteiger partial charge is 0.339 e. The second-order valence-corrected chi connectivity index (χ2v) is 9.37. The summed E-state index contributed by atoms with van der Waals surface area (Å²) in [7, 11) is 0. The number of amides is 3. The highest BCUT2D eigenvalue weighted by Crippen LogP contribution is 2.34. The lowest BCUT2D eigenvalue weighted by Gasteiger charge is -2.12. The van der Waals surface area contributed by atoms with Crippen LogP contribution in [0.5, 0.6) is 0 Å². The minimum Gasteiger partial charge on any atom is -0.462 e. The molecule has 0 radical (unpaired) electrons. The molecule has 0 saturated carbocycles. The van der Waals surface area contributed by atoms with Crippen LogP contribution in [0.15, 0.2) is 57.9 Å². The van der Waals surface area contributed by atoms with E-state index in [2.05, 4.69) is 5.32 Å². The fourth-order valence-electron chi connectivity index (χ4n) is 3.31. The molecule has 0 bridgehead atoms. The van der Waals surface area contributed by atoms with E-state index >= 15 is 0 Å². The lowest BCUT2D eigenvalue weighted by atomic mass is 10.1. The van der Waals surface area contributed by atoms with Gasteiger partial charge in [0.2, 0.25) is 5.91 Å². The van der Waals surface area contributed by atoms with Crippen molar-refractivity contribution >= 4 is 69.8 Å². The molecule has 1 aliphatic rings. The van der Waals surface area contributed by atoms with E-state index in [1.165, 1.54) is 24.3 Å². The summed E-state index contributed by atoms with van der Waals surface area (Å²) in [5.41, 5.74) is 0.953. The highest BCUT2D eigenvalue weighted by molar-refractivity contribution is 8.18. The third-order valence-corrected chi connectivity index (χ3v) is 6.55. The number of carbonyl (C=O) groups excluding carboxylic acids is 4. The zero-order chi connectivity index (χ0) is 26.7. The topological polar surface area (TPSA) is 106 Å². The van der Waals surface area contributed by atoms with Gasteiger partial charge in [-0.05, 0) is 67.2 Å². The Morgan fingerprint density at radius 1 is 1.11 bits per heavy atom. The summed E-state index contributed by atoms with van der Waals surface area (Å²) in [5, 5.41) is 1.88. The number of benzene rings is 2. The first kappa shape index (κ1) is 26.5. The van der Waals surface area contributed by atoms with Crippen molar-refractivity contribution in [3.05, 3.63) is 80.6 Å². The van der Waals surface area contributed by atoms with Gasteiger partial charge in [-0.25, -0.2) is 9.18 Å². The first-order chi connectivity index (χ1) is 17.7. The molecule has 0 unspecified atom stereocenters. The SMILES string of the molecule is CCOC(=O)c1cc(-c2ccc(/C=C3/SC(=O)N(CC(=O)Nc4ccc(F)c(Cl)c4)C3=O)o2)ccc1Cl. The van der Waals surface area contributed by atoms with E-state index in [-0.39, 0.29) is 38.6 Å². The van der Waals surface area contributed by atoms with Crippen LogP contribution >= 0.6 is 35.0 Å². The van der Waals surface area contributed by atoms with Gasteiger partial charge in [-0.15, -0.1) is 0 Å². The molecule has 4 rings (SSSR count). The van der Waals surface area contributed by atoms with Gasteiger partial charge in [0.1, 0.15) is 23.9 Å². The lowest BCUT2D eigenvalue weighted by molar-refractivity contribution is -0.127. The van der Waals surface area contributed by atoms with Crippen LogP contribution in [0.1, 0.15) is 23.0 Å². The predicted octanol–water partition coefficient (Wildman–Crippen LogP) is 6.24. The van der Waals surface area contributed by atoms with Crippen molar-refractivity contribution in [1.29, 1.82) is 0 Å². The average molecular weight is 563 g/mol. The molecule has 1 aliphatic heterocycles. The van der Waals surface area contributed by atoms with Crippen LogP contribution in [0.3, 0.4) is 0 Å². The van der Waals surface area contributed by atoms with Crippen molar-refractivity contribution < 1.29 is 32.7 Å². The van der Waals surface area contributed by atoms with Crippen molar-refractivity contribution in [3.8, 4) is 11.3 Å². The summed E-state index contributed by atoms with van der Waals surface area (Å²) >= 11 is 12.5. The standard InChI is InChI=1S/C25H17Cl2FN2O6S/c1-2-35-24(33)16-9-13(3-6-17(16)26)20-8-5-15(36-20)11-21-23(32)30(25(34)37-21)12-22(31)29-14-4-7-19(28)18(27)10-14/h3-11H,2,12H2,1H3,(H,29,31)/b21-11+. The molecule has 3 aromatic rings. The predicted molar refractivity (Wildman–Crippen MR) is 138 cm³/mol. The molecule has 2 aromatic carbocycles. The van der Waals surface area contributed by atoms with Crippen molar-refractivity contribution in [2.24, 2.45) is 0 Å². The highest BCUT2D eigenvalue weighted by atomic mass is 35.5. The fourth-order valence-corrected chi connectivity index (χ4v) is 4.51. The number of nitrogens with one attached hydrogen (secondary N) is 1. The van der Waals surface area contributed by atoms with Gasteiger partial charge in [-0.1, -0.05) is 23.2 Å². The molecule has 8 nitrogen and oxygen atoms in total. The number of imide groups is 1. The minimum absolute atomic E-state index is 0.0619. The third kappa shape index (κ3) is 6.04. The molecule has 3 amide bonds. The van der Waals surface area contributed by atoms with Gasteiger partial charge >= 0.3 is 5.97 Å². The second kappa shape index (κ2) is 11.2. The van der Waals surface area contributed by atoms with Gasteiger partial charge in [-0.2, -0.15) is 0 Å². The number of thioether (sulfide) groups is 1. The number of nitrogens with zero attached hydrogens (tertiary/aromatic N) is 1. The van der Waals surface area contributed by atoms with Crippen molar-refractivity contribution in [1.82, 2.24) is 4.90 Å². The number of rotatable bonds is 7. The highest BCUT2D eigenvalue weighted by Gasteiger charge is 2.36. The molecular formula is C25H17Cl2FN2O6S. The molecule has 37 heavy (non-hydrogen) atoms. The first-order valence-electron chi connectivity index (χ1n) is 10.7. The van der Waals surface area contributed by atoms with Gasteiger partial charge in [0.25, 0.3) is 11.1 Å². The monoisotopic (exact) mass is 562 g/mol. The maximum Gasteiger partial charge on any atom is 0.339 e. The quantitative estimate of drug-likeness (QED) is 0.268. The third-order valence-electron chi connectivity index (χ3n) is 5.03. The van der Waals surface area contributed by atoms with E-state index in [9.17, 15) is 23.6 Å². The normalized spacial score (nSPS) is 14.4. The van der Waals surface area contributed by atoms with Crippen molar-refractivity contribution in [3.63, 3.8) is 0 Å². The van der Waals surface area contributed by atoms with Gasteiger partial charge < -0.3 is 14.5 Å². The first-order valence-corrected chi connectivity index (χ1v) is 12.3. The molecule has 1 N–H and O–H groups in total. The van der Waals surface area contributed by atoms with Crippen LogP contribution in [0.2, 0.25) is 10.0 Å². The Labute approximate surface area is 224 Å². The van der Waals surface area contributed by atoms with Gasteiger partial charge in [-0.3, -0.25) is 19.3 Å². The van der Waals surface area contributed by atoms with Gasteiger partial charge in [0.05, 0.1) is 27.1 Å². The second-order valence-electron chi connectivity index (χ2n) is 7.56. The molecule has 12 heteroatoms. The number of anilines is 1. The van der Waals surface area contributed by atoms with E-state index < -0.39 is 35.4 Å². The van der Waals surface area contributed by atoms with Gasteiger partial charge in [0, 0.05) is 17.3 Å². The zero-order valence-corrected chi connectivity index (χ0v) is 21.4. The summed E-state index contributed by atoms with van der Waals surface area (Å²) in [6.07, 6.45) is 1.38. The van der Waals surface area contributed by atoms with Crippen LogP contribution in [-0.2, 0) is 14.3 Å². The van der Waals surface area contributed by atoms with E-state index in [1.807, 2.05) is 0 Å². The summed E-state index contributed by atoms with van der Waals surface area (Å²) in [6, 6.07) is 11.6. The summed E-state index contributed by atoms with van der Waals surface area (Å²) < 4.78 is 24.1. The molecule has 1 aromatic heterocycles. The summed E-state index contributed by atoms with van der Waals surface area (Å²) in [6.45, 7) is 1.34. The number of furan rings is 1. The molecule has 2 heterocycles. The van der Waals surface area contributed by atoms with Crippen molar-refractivity contribution in [2.75, 3.05) is 18.5 Å². The maximum absolute atomic E-state index is 13.3. The molecule has 0 spiro atoms. The molecule has 1 saturated heterocycles. The Morgan fingerprint density at radius 2 is 1.89 bits per heavy atom. The molecular weight excluding hydrogens is 546 g/mol. The van der Waals surface area contributed by atoms with E-state index in [4.69, 9.17) is 32.4 Å². The lowest BCUT2D eigenvalue weighted by Crippen LogP contribution is -2.36. The van der Waals surface area contributed by atoms with E-state index in [0.29, 0.717) is 23.1 Å². The minimum atomic E-state index is -0.670. The van der Waals surface area contributed by atoms with Crippen molar-refractivity contribution in [2.45, 2.75) is 6.92 Å². The number of esters is 1. The Morgan fingerprint density at radius 3 is 2.62 bits per heavy atom. The Kier molecular flexibility index (Phi) is 8.01. The maximum atomic E-state index is 13.3. The molecule has 0 atom stereocenters. The Bertz CT molecular complexity index is 1450. The van der Waals surface area contributed by atoms with Crippen LogP contribution in [0.25, 0.3) is 17.4 Å². The zero-order valence-electron chi connectivity index (χ0n) is 19.0. The van der Waals surface area contributed by atoms with Gasteiger partial charge in [0.15, 0.2) is 0 Å². The summed E-state index contributed by atoms with van der Waals surface area (Å²) in [4.78, 5) is 50.4. The van der Waals surface area contributed by atoms with Crippen LogP contribution in [0.4, 0.5) is 14.9 Å². The van der Waals surface area contributed by atoms with E-state index in [0.717, 1.165) is 11.0 Å². The molecule has 0 aliphatic carbocycles. The van der Waals surface area contributed by atoms with Crippen LogP contribution < -0.4 is 5.32 Å². The summed E-state index contributed by atoms with van der Waals surface area (Å²) in [5.74, 6) is -1.87. The number of hydrogen-bond acceptors (Lipinski definition) is 7. The number of carbonyl (C=O) groups is 4. The van der Waals surface area contributed by atoms with E-state index in [1.54, 1.807) is 31.2 Å². The number of ether oxygens (including phenoxy) is 1. The Hall–Kier alpha value is -3.60.